The maximum Gasteiger partial charge on any atom is 0.238 e. The normalized spacial score (nSPS) is 14.3. The summed E-state index contributed by atoms with van der Waals surface area (Å²) in [6, 6.07) is 19.4. The highest BCUT2D eigenvalue weighted by molar-refractivity contribution is 8.24. The quantitative estimate of drug-likeness (QED) is 0.292. The van der Waals surface area contributed by atoms with Crippen LogP contribution in [0.4, 0.5) is 23.0 Å². The van der Waals surface area contributed by atoms with Gasteiger partial charge in [0.2, 0.25) is 5.91 Å². The van der Waals surface area contributed by atoms with Crippen molar-refractivity contribution >= 4 is 56.1 Å². The fourth-order valence-electron chi connectivity index (χ4n) is 4.01. The number of aryl methyl sites for hydroxylation is 1. The molecule has 1 aliphatic rings. The summed E-state index contributed by atoms with van der Waals surface area (Å²) in [4.78, 5) is 25.1. The maximum atomic E-state index is 12.3. The van der Waals surface area contributed by atoms with Gasteiger partial charge in [-0.1, -0.05) is 18.2 Å². The summed E-state index contributed by atoms with van der Waals surface area (Å²) in [5.74, 6) is 2.63. The molecule has 1 aliphatic heterocycles. The number of ether oxygens (including phenoxy) is 2. The lowest BCUT2D eigenvalue weighted by molar-refractivity contribution is -0.116. The smallest absolute Gasteiger partial charge is 0.238 e. The first-order valence-corrected chi connectivity index (χ1v) is 13.3. The number of anilines is 4. The highest BCUT2D eigenvalue weighted by atomic mass is 32.2. The first-order chi connectivity index (χ1) is 18.3. The lowest BCUT2D eigenvalue weighted by Crippen LogP contribution is -2.27. The Morgan fingerprint density at radius 3 is 2.29 bits per heavy atom. The van der Waals surface area contributed by atoms with E-state index in [1.54, 1.807) is 14.2 Å². The Balaban J connectivity index is 1.48. The van der Waals surface area contributed by atoms with Crippen LogP contribution in [-0.2, 0) is 4.79 Å². The number of carbonyl (C=O) groups is 1. The first kappa shape index (κ1) is 25.5. The molecule has 38 heavy (non-hydrogen) atoms. The molecule has 9 nitrogen and oxygen atoms in total. The van der Waals surface area contributed by atoms with Gasteiger partial charge in [0.25, 0.3) is 0 Å². The Bertz CT molecular complexity index is 1530. The van der Waals surface area contributed by atoms with E-state index < -0.39 is 0 Å². The maximum absolute atomic E-state index is 12.3. The number of nitrogens with zero attached hydrogens (tertiary/aromatic N) is 4. The van der Waals surface area contributed by atoms with Gasteiger partial charge in [0.1, 0.15) is 11.5 Å². The van der Waals surface area contributed by atoms with E-state index in [2.05, 4.69) is 27.4 Å². The summed E-state index contributed by atoms with van der Waals surface area (Å²) >= 11 is 0. The number of carbonyl (C=O) groups excluding carboxylic acids is 1. The molecule has 0 aliphatic carbocycles. The molecule has 0 spiro atoms. The number of fused-ring (bicyclic) bond motifs is 1. The van der Waals surface area contributed by atoms with Gasteiger partial charge in [-0.05, 0) is 61.5 Å². The Morgan fingerprint density at radius 2 is 1.63 bits per heavy atom. The molecule has 1 amide bonds. The molecule has 1 atom stereocenters. The summed E-state index contributed by atoms with van der Waals surface area (Å²) in [6.45, 7) is 2.40. The summed E-state index contributed by atoms with van der Waals surface area (Å²) in [5.41, 5.74) is 6.41. The number of rotatable bonds is 9. The molecule has 3 aromatic carbocycles. The van der Waals surface area contributed by atoms with Gasteiger partial charge < -0.3 is 25.0 Å². The third-order valence-electron chi connectivity index (χ3n) is 5.89. The van der Waals surface area contributed by atoms with Crippen molar-refractivity contribution in [2.45, 2.75) is 11.8 Å². The molecule has 10 heteroatoms. The van der Waals surface area contributed by atoms with E-state index in [1.165, 1.54) is 0 Å². The Morgan fingerprint density at radius 1 is 0.947 bits per heavy atom. The summed E-state index contributed by atoms with van der Waals surface area (Å²) < 4.78 is 13.0. The standard InChI is InChI=1S/C28H30N6O3S/c1-18-10-11-19(29-26(35)16-33(2)3)14-25(18)38-17-34(38)28-27(31-23-8-6-7-9-24(23)32-28)30-20-12-21(36-4)15-22(13-20)37-5/h6-15,17H,16H2,1-5H3,(H,29,35)(H,30,31). The van der Waals surface area contributed by atoms with Crippen LogP contribution in [0.15, 0.2) is 65.6 Å². The summed E-state index contributed by atoms with van der Waals surface area (Å²) in [7, 11) is 6.65. The van der Waals surface area contributed by atoms with Crippen LogP contribution in [0.5, 0.6) is 11.5 Å². The van der Waals surface area contributed by atoms with Crippen LogP contribution in [0.2, 0.25) is 0 Å². The van der Waals surface area contributed by atoms with Crippen molar-refractivity contribution in [1.29, 1.82) is 0 Å². The molecule has 1 aromatic heterocycles. The predicted molar refractivity (Wildman–Crippen MR) is 155 cm³/mol. The van der Waals surface area contributed by atoms with Gasteiger partial charge in [0, 0.05) is 34.5 Å². The Kier molecular flexibility index (Phi) is 7.17. The number of benzene rings is 3. The van der Waals surface area contributed by atoms with Crippen LogP contribution < -0.4 is 24.4 Å². The van der Waals surface area contributed by atoms with Crippen LogP contribution >= 0.6 is 10.7 Å². The monoisotopic (exact) mass is 530 g/mol. The van der Waals surface area contributed by atoms with Crippen molar-refractivity contribution < 1.29 is 14.3 Å². The summed E-state index contributed by atoms with van der Waals surface area (Å²) in [5, 5.41) is 6.42. The van der Waals surface area contributed by atoms with Crippen molar-refractivity contribution in [1.82, 2.24) is 14.9 Å². The van der Waals surface area contributed by atoms with E-state index in [0.29, 0.717) is 23.9 Å². The van der Waals surface area contributed by atoms with E-state index in [1.807, 2.05) is 79.7 Å². The van der Waals surface area contributed by atoms with Crippen molar-refractivity contribution in [3.05, 3.63) is 66.2 Å². The second kappa shape index (κ2) is 10.7. The zero-order valence-corrected chi connectivity index (χ0v) is 22.8. The average Bonchev–Trinajstić information content (AvgIpc) is 3.69. The highest BCUT2D eigenvalue weighted by Gasteiger charge is 2.29. The van der Waals surface area contributed by atoms with Crippen molar-refractivity contribution in [2.24, 2.45) is 0 Å². The van der Waals surface area contributed by atoms with Gasteiger partial charge in [-0.2, -0.15) is 0 Å². The number of methoxy groups -OCH3 is 2. The van der Waals surface area contributed by atoms with Crippen molar-refractivity contribution in [2.75, 3.05) is 49.8 Å². The van der Waals surface area contributed by atoms with E-state index >= 15 is 0 Å². The Labute approximate surface area is 224 Å². The SMILES string of the molecule is COc1cc(Nc2nc3ccccc3nc2N2C=S2c2cc(NC(=O)CN(C)C)ccc2C)cc(OC)c1. The molecular weight excluding hydrogens is 500 g/mol. The van der Waals surface area contributed by atoms with E-state index in [0.717, 1.165) is 38.7 Å². The molecule has 0 fully saturated rings. The molecule has 0 saturated heterocycles. The summed E-state index contributed by atoms with van der Waals surface area (Å²) in [6.07, 6.45) is 0. The van der Waals surface area contributed by atoms with Crippen LogP contribution in [0.1, 0.15) is 5.56 Å². The number of hydrogen-bond acceptors (Lipinski definition) is 8. The van der Waals surface area contributed by atoms with Gasteiger partial charge in [0.05, 0.1) is 37.3 Å². The zero-order chi connectivity index (χ0) is 26.8. The molecule has 0 bridgehead atoms. The molecule has 0 radical (unpaired) electrons. The number of likely N-dealkylation sites (N-methyl/N-ethyl adjacent to an activating group) is 1. The average molecular weight is 531 g/mol. The van der Waals surface area contributed by atoms with E-state index in [4.69, 9.17) is 19.4 Å². The molecule has 5 rings (SSSR count). The number of amides is 1. The Hall–Kier alpha value is -4.15. The van der Waals surface area contributed by atoms with Crippen LogP contribution in [0, 0.1) is 6.92 Å². The third-order valence-corrected chi connectivity index (χ3v) is 7.68. The molecule has 2 N–H and O–H groups in total. The zero-order valence-electron chi connectivity index (χ0n) is 22.0. The minimum absolute atomic E-state index is 0.0506. The lowest BCUT2D eigenvalue weighted by Gasteiger charge is -2.16. The van der Waals surface area contributed by atoms with Gasteiger partial charge in [-0.25, -0.2) is 9.97 Å². The second-order valence-corrected chi connectivity index (χ2v) is 10.8. The predicted octanol–water partition coefficient (Wildman–Crippen LogP) is 5.02. The number of hydrogen-bond donors (Lipinski definition) is 2. The van der Waals surface area contributed by atoms with Gasteiger partial charge >= 0.3 is 0 Å². The minimum Gasteiger partial charge on any atom is -0.497 e. The molecular formula is C28H30N6O3S. The highest BCUT2D eigenvalue weighted by Crippen LogP contribution is 2.48. The lowest BCUT2D eigenvalue weighted by atomic mass is 10.2. The van der Waals surface area contributed by atoms with Gasteiger partial charge in [-0.3, -0.25) is 9.10 Å². The fourth-order valence-corrected chi connectivity index (χ4v) is 5.67. The fraction of sp³-hybridized carbons (Fsp3) is 0.214. The number of para-hydroxylation sites is 2. The molecule has 1 unspecified atom stereocenters. The second-order valence-electron chi connectivity index (χ2n) is 9.12. The van der Waals surface area contributed by atoms with Crippen LogP contribution in [0.3, 0.4) is 0 Å². The van der Waals surface area contributed by atoms with Gasteiger partial charge in [-0.15, -0.1) is 0 Å². The van der Waals surface area contributed by atoms with Gasteiger partial charge in [0.15, 0.2) is 11.6 Å². The van der Waals surface area contributed by atoms with E-state index in [9.17, 15) is 4.79 Å². The topological polar surface area (TPSA) is 91.6 Å². The third kappa shape index (κ3) is 5.56. The molecule has 0 saturated carbocycles. The molecule has 2 heterocycles. The number of nitrogens with one attached hydrogen (secondary N) is 2. The minimum atomic E-state index is -0.334. The van der Waals surface area contributed by atoms with Crippen LogP contribution in [-0.4, -0.2) is 61.1 Å². The number of aromatic nitrogens is 2. The largest absolute Gasteiger partial charge is 0.497 e. The molecule has 4 aromatic rings. The van der Waals surface area contributed by atoms with E-state index in [-0.39, 0.29) is 16.6 Å². The van der Waals surface area contributed by atoms with Crippen LogP contribution in [0.25, 0.3) is 11.0 Å². The van der Waals surface area contributed by atoms with Crippen molar-refractivity contribution in [3.8, 4) is 11.5 Å². The van der Waals surface area contributed by atoms with Crippen molar-refractivity contribution in [3.63, 3.8) is 0 Å². The first-order valence-electron chi connectivity index (χ1n) is 12.0. The molecule has 196 valence electrons.